The van der Waals surface area contributed by atoms with E-state index in [-0.39, 0.29) is 5.91 Å². The summed E-state index contributed by atoms with van der Waals surface area (Å²) >= 11 is 0. The summed E-state index contributed by atoms with van der Waals surface area (Å²) in [7, 11) is 2.90. The Balaban J connectivity index is 2.69. The van der Waals surface area contributed by atoms with E-state index < -0.39 is 12.1 Å². The van der Waals surface area contributed by atoms with E-state index in [0.29, 0.717) is 13.0 Å². The Bertz CT molecular complexity index is 464. The van der Waals surface area contributed by atoms with E-state index in [4.69, 9.17) is 9.57 Å². The number of rotatable bonds is 8. The number of hydrogen-bond acceptors (Lipinski definition) is 4. The largest absolute Gasteiger partial charge is 0.450 e. The molecule has 0 radical (unpaired) electrons. The lowest BCUT2D eigenvalue weighted by molar-refractivity contribution is -0.170. The van der Waals surface area contributed by atoms with Crippen LogP contribution >= 0.6 is 0 Å². The Labute approximate surface area is 131 Å². The average Bonchev–Trinajstić information content (AvgIpc) is 2.54. The first-order valence-corrected chi connectivity index (χ1v) is 7.37. The molecular formula is C16H24N2O4. The van der Waals surface area contributed by atoms with Crippen LogP contribution in [0.3, 0.4) is 0 Å². The molecule has 1 aromatic rings. The molecule has 6 nitrogen and oxygen atoms in total. The summed E-state index contributed by atoms with van der Waals surface area (Å²) in [6.07, 6.45) is 1.51. The van der Waals surface area contributed by atoms with Crippen molar-refractivity contribution in [2.24, 2.45) is 0 Å². The van der Waals surface area contributed by atoms with Crippen molar-refractivity contribution < 1.29 is 19.2 Å². The fourth-order valence-corrected chi connectivity index (χ4v) is 1.85. The number of amides is 2. The van der Waals surface area contributed by atoms with Crippen LogP contribution in [0.2, 0.25) is 0 Å². The van der Waals surface area contributed by atoms with Gasteiger partial charge in [-0.3, -0.25) is 9.63 Å². The van der Waals surface area contributed by atoms with Crippen molar-refractivity contribution in [2.45, 2.75) is 32.2 Å². The quantitative estimate of drug-likeness (QED) is 0.590. The standard InChI is InChI=1S/C16H24N2O4/c1-4-5-11-22-16(20)17-14(15(19)18(2)21-3)12-13-9-7-6-8-10-13/h6-10,14H,4-5,11-12H2,1-3H3,(H,17,20)/t14-/m0/s1. The Morgan fingerprint density at radius 3 is 2.55 bits per heavy atom. The normalized spacial score (nSPS) is 11.6. The lowest BCUT2D eigenvalue weighted by atomic mass is 10.1. The minimum Gasteiger partial charge on any atom is -0.450 e. The van der Waals surface area contributed by atoms with Crippen molar-refractivity contribution in [3.63, 3.8) is 0 Å². The van der Waals surface area contributed by atoms with E-state index in [1.54, 1.807) is 0 Å². The minimum atomic E-state index is -0.735. The van der Waals surface area contributed by atoms with Crippen LogP contribution in [0.15, 0.2) is 30.3 Å². The van der Waals surface area contributed by atoms with Gasteiger partial charge < -0.3 is 10.1 Å². The van der Waals surface area contributed by atoms with Gasteiger partial charge in [0.25, 0.3) is 5.91 Å². The molecule has 1 atom stereocenters. The fourth-order valence-electron chi connectivity index (χ4n) is 1.85. The number of ether oxygens (including phenoxy) is 1. The smallest absolute Gasteiger partial charge is 0.407 e. The minimum absolute atomic E-state index is 0.334. The maximum absolute atomic E-state index is 12.3. The molecule has 0 unspecified atom stereocenters. The molecule has 0 saturated carbocycles. The predicted octanol–water partition coefficient (Wildman–Crippen LogP) is 2.14. The van der Waals surface area contributed by atoms with Gasteiger partial charge in [0.05, 0.1) is 13.7 Å². The molecule has 0 aromatic heterocycles. The van der Waals surface area contributed by atoms with Crippen LogP contribution in [0.4, 0.5) is 4.79 Å². The Morgan fingerprint density at radius 1 is 1.27 bits per heavy atom. The number of benzene rings is 1. The summed E-state index contributed by atoms with van der Waals surface area (Å²) in [5.74, 6) is -0.334. The van der Waals surface area contributed by atoms with E-state index >= 15 is 0 Å². The van der Waals surface area contributed by atoms with E-state index in [1.807, 2.05) is 37.3 Å². The number of carbonyl (C=O) groups excluding carboxylic acids is 2. The van der Waals surface area contributed by atoms with Gasteiger partial charge in [-0.25, -0.2) is 9.86 Å². The van der Waals surface area contributed by atoms with E-state index in [2.05, 4.69) is 5.32 Å². The first kappa shape index (κ1) is 18.0. The molecule has 6 heteroatoms. The maximum Gasteiger partial charge on any atom is 0.407 e. The van der Waals surface area contributed by atoms with Crippen molar-refractivity contribution in [3.8, 4) is 0 Å². The molecule has 0 aliphatic heterocycles. The van der Waals surface area contributed by atoms with Gasteiger partial charge in [0.1, 0.15) is 6.04 Å². The molecule has 1 rings (SSSR count). The highest BCUT2D eigenvalue weighted by molar-refractivity contribution is 5.85. The monoisotopic (exact) mass is 308 g/mol. The molecule has 0 heterocycles. The SMILES string of the molecule is CCCCOC(=O)N[C@@H](Cc1ccccc1)C(=O)N(C)OC. The van der Waals surface area contributed by atoms with Crippen LogP contribution in [0.1, 0.15) is 25.3 Å². The van der Waals surface area contributed by atoms with Gasteiger partial charge in [-0.2, -0.15) is 0 Å². The van der Waals surface area contributed by atoms with Gasteiger partial charge in [-0.15, -0.1) is 0 Å². The third-order valence-electron chi connectivity index (χ3n) is 3.19. The molecular weight excluding hydrogens is 284 g/mol. The molecule has 1 N–H and O–H groups in total. The fraction of sp³-hybridized carbons (Fsp3) is 0.500. The van der Waals surface area contributed by atoms with Crippen LogP contribution in [-0.2, 0) is 20.8 Å². The van der Waals surface area contributed by atoms with E-state index in [0.717, 1.165) is 23.5 Å². The summed E-state index contributed by atoms with van der Waals surface area (Å²) in [6.45, 7) is 2.35. The lowest BCUT2D eigenvalue weighted by Crippen LogP contribution is -2.48. The topological polar surface area (TPSA) is 67.9 Å². The van der Waals surface area contributed by atoms with E-state index in [1.165, 1.54) is 14.2 Å². The predicted molar refractivity (Wildman–Crippen MR) is 83.1 cm³/mol. The van der Waals surface area contributed by atoms with Crippen molar-refractivity contribution >= 4 is 12.0 Å². The summed E-state index contributed by atoms with van der Waals surface area (Å²) in [6, 6.07) is 8.73. The third kappa shape index (κ3) is 6.13. The van der Waals surface area contributed by atoms with Gasteiger partial charge in [0.15, 0.2) is 0 Å². The zero-order valence-corrected chi connectivity index (χ0v) is 13.4. The van der Waals surface area contributed by atoms with Crippen molar-refractivity contribution in [2.75, 3.05) is 20.8 Å². The molecule has 0 aliphatic rings. The number of hydrogen-bond donors (Lipinski definition) is 1. The number of carbonyl (C=O) groups is 2. The highest BCUT2D eigenvalue weighted by Crippen LogP contribution is 2.06. The maximum atomic E-state index is 12.3. The number of hydroxylamine groups is 2. The van der Waals surface area contributed by atoms with Crippen LogP contribution < -0.4 is 5.32 Å². The molecule has 0 aliphatic carbocycles. The lowest BCUT2D eigenvalue weighted by Gasteiger charge is -2.22. The van der Waals surface area contributed by atoms with Gasteiger partial charge in [0, 0.05) is 13.5 Å². The zero-order chi connectivity index (χ0) is 16.4. The molecule has 0 fully saturated rings. The molecule has 1 aromatic carbocycles. The molecule has 0 bridgehead atoms. The van der Waals surface area contributed by atoms with Crippen LogP contribution in [0.5, 0.6) is 0 Å². The number of alkyl carbamates (subject to hydrolysis) is 1. The summed E-state index contributed by atoms with van der Waals surface area (Å²) < 4.78 is 5.05. The van der Waals surface area contributed by atoms with Crippen molar-refractivity contribution in [3.05, 3.63) is 35.9 Å². The Morgan fingerprint density at radius 2 is 1.95 bits per heavy atom. The van der Waals surface area contributed by atoms with Crippen LogP contribution in [-0.4, -0.2) is 43.9 Å². The van der Waals surface area contributed by atoms with E-state index in [9.17, 15) is 9.59 Å². The van der Waals surface area contributed by atoms with Gasteiger partial charge >= 0.3 is 6.09 Å². The first-order chi connectivity index (χ1) is 10.6. The molecule has 0 spiro atoms. The van der Waals surface area contributed by atoms with Crippen LogP contribution in [0, 0.1) is 0 Å². The number of nitrogens with one attached hydrogen (secondary N) is 1. The second kappa shape index (κ2) is 9.78. The molecule has 122 valence electrons. The Kier molecular flexibility index (Phi) is 7.99. The molecule has 0 saturated heterocycles. The van der Waals surface area contributed by atoms with Crippen LogP contribution in [0.25, 0.3) is 0 Å². The highest BCUT2D eigenvalue weighted by Gasteiger charge is 2.25. The number of unbranched alkanes of at least 4 members (excludes halogenated alkanes) is 1. The number of nitrogens with zero attached hydrogens (tertiary/aromatic N) is 1. The summed E-state index contributed by atoms with van der Waals surface area (Å²) in [5.41, 5.74) is 0.944. The van der Waals surface area contributed by atoms with Gasteiger partial charge in [-0.05, 0) is 12.0 Å². The zero-order valence-electron chi connectivity index (χ0n) is 13.4. The number of likely N-dealkylation sites (N-methyl/N-ethyl adjacent to an activating group) is 1. The summed E-state index contributed by atoms with van der Waals surface area (Å²) in [4.78, 5) is 29.0. The Hall–Kier alpha value is -2.08. The van der Waals surface area contributed by atoms with Gasteiger partial charge in [-0.1, -0.05) is 43.7 Å². The van der Waals surface area contributed by atoms with Crippen molar-refractivity contribution in [1.29, 1.82) is 0 Å². The first-order valence-electron chi connectivity index (χ1n) is 7.37. The second-order valence-corrected chi connectivity index (χ2v) is 4.89. The molecule has 22 heavy (non-hydrogen) atoms. The highest BCUT2D eigenvalue weighted by atomic mass is 16.7. The molecule has 2 amide bonds. The second-order valence-electron chi connectivity index (χ2n) is 4.89. The third-order valence-corrected chi connectivity index (χ3v) is 3.19. The average molecular weight is 308 g/mol. The van der Waals surface area contributed by atoms with Crippen molar-refractivity contribution in [1.82, 2.24) is 10.4 Å². The summed E-state index contributed by atoms with van der Waals surface area (Å²) in [5, 5.41) is 3.70. The van der Waals surface area contributed by atoms with Gasteiger partial charge in [0.2, 0.25) is 0 Å².